The zero-order valence-electron chi connectivity index (χ0n) is 14.3. The van der Waals surface area contributed by atoms with Gasteiger partial charge in [-0.2, -0.15) is 5.26 Å². The molecule has 6 nitrogen and oxygen atoms in total. The molecular formula is C18H19N3O3S. The average molecular weight is 357 g/mol. The summed E-state index contributed by atoms with van der Waals surface area (Å²) in [5, 5.41) is 11.0. The largest absolute Gasteiger partial charge is 0.325 e. The van der Waals surface area contributed by atoms with E-state index in [-0.39, 0.29) is 11.3 Å². The highest BCUT2D eigenvalue weighted by molar-refractivity contribution is 7.92. The molecule has 7 heteroatoms. The maximum atomic E-state index is 12.6. The molecule has 0 aliphatic carbocycles. The Bertz CT molecular complexity index is 920. The third-order valence-corrected chi connectivity index (χ3v) is 4.97. The van der Waals surface area contributed by atoms with Crippen LogP contribution in [0.1, 0.15) is 23.1 Å². The number of nitriles is 1. The highest BCUT2D eigenvalue weighted by atomic mass is 32.2. The van der Waals surface area contributed by atoms with Gasteiger partial charge in [-0.25, -0.2) is 8.42 Å². The molecule has 2 aromatic carbocycles. The average Bonchev–Trinajstić information content (AvgIpc) is 2.51. The number of anilines is 2. The van der Waals surface area contributed by atoms with Crippen LogP contribution in [0, 0.1) is 32.1 Å². The maximum absolute atomic E-state index is 12.6. The smallest absolute Gasteiger partial charge is 0.261 e. The molecule has 0 fully saturated rings. The van der Waals surface area contributed by atoms with Crippen molar-refractivity contribution in [1.29, 1.82) is 5.26 Å². The van der Waals surface area contributed by atoms with Crippen LogP contribution in [0.5, 0.6) is 0 Å². The number of carbonyl (C=O) groups is 1. The SMILES string of the molecule is Cc1cc(C)c(NS(=O)(=O)c2ccc(NC(=O)CC#N)cc2)c(C)c1. The van der Waals surface area contributed by atoms with Gasteiger partial charge in [0, 0.05) is 5.69 Å². The van der Waals surface area contributed by atoms with Crippen molar-refractivity contribution in [2.24, 2.45) is 0 Å². The number of amides is 1. The molecule has 0 radical (unpaired) electrons. The van der Waals surface area contributed by atoms with Crippen molar-refractivity contribution in [3.05, 3.63) is 53.1 Å². The molecule has 0 bridgehead atoms. The first-order valence-corrected chi connectivity index (χ1v) is 9.09. The Morgan fingerprint density at radius 1 is 1.08 bits per heavy atom. The Balaban J connectivity index is 2.23. The van der Waals surface area contributed by atoms with Crippen molar-refractivity contribution in [1.82, 2.24) is 0 Å². The highest BCUT2D eigenvalue weighted by Crippen LogP contribution is 2.25. The fraction of sp³-hybridized carbons (Fsp3) is 0.222. The lowest BCUT2D eigenvalue weighted by atomic mass is 10.1. The number of carbonyl (C=O) groups excluding carboxylic acids is 1. The van der Waals surface area contributed by atoms with Gasteiger partial charge in [-0.1, -0.05) is 17.7 Å². The Hall–Kier alpha value is -2.85. The van der Waals surface area contributed by atoms with Crippen molar-refractivity contribution in [2.75, 3.05) is 10.0 Å². The van der Waals surface area contributed by atoms with Crippen LogP contribution in [0.4, 0.5) is 11.4 Å². The molecule has 0 aliphatic heterocycles. The van der Waals surface area contributed by atoms with E-state index in [1.54, 1.807) is 6.07 Å². The zero-order valence-corrected chi connectivity index (χ0v) is 15.1. The van der Waals surface area contributed by atoms with Gasteiger partial charge < -0.3 is 5.32 Å². The number of sulfonamides is 1. The first kappa shape index (κ1) is 18.5. The van der Waals surface area contributed by atoms with Gasteiger partial charge >= 0.3 is 0 Å². The summed E-state index contributed by atoms with van der Waals surface area (Å²) in [6.07, 6.45) is -0.256. The summed E-state index contributed by atoms with van der Waals surface area (Å²) in [6.45, 7) is 5.66. The molecule has 0 atom stereocenters. The van der Waals surface area contributed by atoms with E-state index in [4.69, 9.17) is 5.26 Å². The Labute approximate surface area is 147 Å². The Morgan fingerprint density at radius 3 is 2.16 bits per heavy atom. The number of nitrogens with one attached hydrogen (secondary N) is 2. The molecule has 0 aromatic heterocycles. The highest BCUT2D eigenvalue weighted by Gasteiger charge is 2.17. The second kappa shape index (κ2) is 7.36. The minimum absolute atomic E-state index is 0.0881. The Kier molecular flexibility index (Phi) is 5.45. The molecule has 0 heterocycles. The van der Waals surface area contributed by atoms with Crippen LogP contribution in [-0.4, -0.2) is 14.3 Å². The molecule has 0 aliphatic rings. The summed E-state index contributed by atoms with van der Waals surface area (Å²) in [5.74, 6) is -0.442. The van der Waals surface area contributed by atoms with E-state index in [0.29, 0.717) is 11.4 Å². The van der Waals surface area contributed by atoms with Gasteiger partial charge in [0.15, 0.2) is 0 Å². The van der Waals surface area contributed by atoms with Crippen LogP contribution in [-0.2, 0) is 14.8 Å². The second-order valence-corrected chi connectivity index (χ2v) is 7.47. The number of hydrogen-bond donors (Lipinski definition) is 2. The molecule has 0 unspecified atom stereocenters. The third kappa shape index (κ3) is 4.58. The normalized spacial score (nSPS) is 10.8. The van der Waals surface area contributed by atoms with Gasteiger partial charge in [-0.05, 0) is 56.2 Å². The van der Waals surface area contributed by atoms with Crippen molar-refractivity contribution in [2.45, 2.75) is 32.1 Å². The standard InChI is InChI=1S/C18H19N3O3S/c1-12-10-13(2)18(14(3)11-12)21-25(23,24)16-6-4-15(5-7-16)20-17(22)8-9-19/h4-7,10-11,21H,8H2,1-3H3,(H,20,22). The number of benzene rings is 2. The van der Waals surface area contributed by atoms with Gasteiger partial charge in [0.05, 0.1) is 16.7 Å². The lowest BCUT2D eigenvalue weighted by molar-refractivity contribution is -0.115. The fourth-order valence-electron chi connectivity index (χ4n) is 2.53. The first-order chi connectivity index (χ1) is 11.7. The molecule has 0 spiro atoms. The van der Waals surface area contributed by atoms with Crippen molar-refractivity contribution < 1.29 is 13.2 Å². The van der Waals surface area contributed by atoms with Crippen LogP contribution in [0.15, 0.2) is 41.3 Å². The number of hydrogen-bond acceptors (Lipinski definition) is 4. The summed E-state index contributed by atoms with van der Waals surface area (Å²) in [7, 11) is -3.74. The fourth-order valence-corrected chi connectivity index (χ4v) is 3.73. The van der Waals surface area contributed by atoms with Gasteiger partial charge in [-0.3, -0.25) is 9.52 Å². The predicted octanol–water partition coefficient (Wildman–Crippen LogP) is 3.26. The molecule has 0 saturated carbocycles. The second-order valence-electron chi connectivity index (χ2n) is 5.79. The molecule has 25 heavy (non-hydrogen) atoms. The molecular weight excluding hydrogens is 338 g/mol. The summed E-state index contributed by atoms with van der Waals surface area (Å²) in [6, 6.07) is 11.4. The topological polar surface area (TPSA) is 99.1 Å². The molecule has 2 aromatic rings. The van der Waals surface area contributed by atoms with E-state index in [1.165, 1.54) is 24.3 Å². The lowest BCUT2D eigenvalue weighted by Crippen LogP contribution is -2.15. The molecule has 130 valence electrons. The van der Waals surface area contributed by atoms with Gasteiger partial charge in [-0.15, -0.1) is 0 Å². The van der Waals surface area contributed by atoms with Gasteiger partial charge in [0.1, 0.15) is 6.42 Å². The molecule has 2 rings (SSSR count). The summed E-state index contributed by atoms with van der Waals surface area (Å²) < 4.78 is 27.8. The third-order valence-electron chi connectivity index (χ3n) is 3.60. The molecule has 2 N–H and O–H groups in total. The van der Waals surface area contributed by atoms with E-state index < -0.39 is 15.9 Å². The van der Waals surface area contributed by atoms with Crippen molar-refractivity contribution >= 4 is 27.3 Å². The number of aryl methyl sites for hydroxylation is 3. The molecule has 0 saturated heterocycles. The summed E-state index contributed by atoms with van der Waals surface area (Å²) >= 11 is 0. The van der Waals surface area contributed by atoms with Crippen molar-refractivity contribution in [3.63, 3.8) is 0 Å². The van der Waals surface area contributed by atoms with E-state index >= 15 is 0 Å². The van der Waals surface area contributed by atoms with Gasteiger partial charge in [0.2, 0.25) is 5.91 Å². The van der Waals surface area contributed by atoms with E-state index in [9.17, 15) is 13.2 Å². The Morgan fingerprint density at radius 2 is 1.64 bits per heavy atom. The quantitative estimate of drug-likeness (QED) is 0.858. The first-order valence-electron chi connectivity index (χ1n) is 7.60. The van der Waals surface area contributed by atoms with Crippen LogP contribution in [0.25, 0.3) is 0 Å². The number of rotatable bonds is 5. The maximum Gasteiger partial charge on any atom is 0.261 e. The van der Waals surface area contributed by atoms with Crippen LogP contribution in [0.3, 0.4) is 0 Å². The van der Waals surface area contributed by atoms with Gasteiger partial charge in [0.25, 0.3) is 10.0 Å². The minimum atomic E-state index is -3.74. The zero-order chi connectivity index (χ0) is 18.6. The molecule has 1 amide bonds. The predicted molar refractivity (Wildman–Crippen MR) is 96.8 cm³/mol. The minimum Gasteiger partial charge on any atom is -0.325 e. The van der Waals surface area contributed by atoms with E-state index in [2.05, 4.69) is 10.0 Å². The monoisotopic (exact) mass is 357 g/mol. The number of nitrogens with zero attached hydrogens (tertiary/aromatic N) is 1. The van der Waals surface area contributed by atoms with E-state index in [1.807, 2.05) is 32.9 Å². The van der Waals surface area contributed by atoms with E-state index in [0.717, 1.165) is 16.7 Å². The summed E-state index contributed by atoms with van der Waals surface area (Å²) in [4.78, 5) is 11.5. The van der Waals surface area contributed by atoms with Crippen LogP contribution >= 0.6 is 0 Å². The van der Waals surface area contributed by atoms with Crippen molar-refractivity contribution in [3.8, 4) is 6.07 Å². The van der Waals surface area contributed by atoms with Crippen LogP contribution < -0.4 is 10.0 Å². The van der Waals surface area contributed by atoms with Crippen LogP contribution in [0.2, 0.25) is 0 Å². The lowest BCUT2D eigenvalue weighted by Gasteiger charge is -2.14. The summed E-state index contributed by atoms with van der Waals surface area (Å²) in [5.41, 5.74) is 3.76.